The summed E-state index contributed by atoms with van der Waals surface area (Å²) in [4.78, 5) is 8.53. The van der Waals surface area contributed by atoms with Gasteiger partial charge >= 0.3 is 0 Å². The van der Waals surface area contributed by atoms with Crippen molar-refractivity contribution in [3.8, 4) is 0 Å². The van der Waals surface area contributed by atoms with Crippen LogP contribution in [-0.4, -0.2) is 26.8 Å². The molecule has 2 aromatic heterocycles. The zero-order chi connectivity index (χ0) is 11.0. The van der Waals surface area contributed by atoms with Gasteiger partial charge in [-0.3, -0.25) is 0 Å². The van der Waals surface area contributed by atoms with Crippen molar-refractivity contribution >= 4 is 16.9 Å². The summed E-state index contributed by atoms with van der Waals surface area (Å²) in [6.45, 7) is 0. The molecule has 16 heavy (non-hydrogen) atoms. The Hall–Kier alpha value is -1.65. The molecule has 84 valence electrons. The van der Waals surface area contributed by atoms with Crippen LogP contribution in [0, 0.1) is 0 Å². The topological polar surface area (TPSA) is 55.6 Å². The van der Waals surface area contributed by atoms with Crippen molar-refractivity contribution in [2.24, 2.45) is 0 Å². The van der Waals surface area contributed by atoms with Gasteiger partial charge in [0.05, 0.1) is 17.6 Å². The Morgan fingerprint density at radius 1 is 1.31 bits per heavy atom. The summed E-state index contributed by atoms with van der Waals surface area (Å²) >= 11 is 0. The molecule has 0 aliphatic heterocycles. The zero-order valence-corrected chi connectivity index (χ0v) is 9.35. The first-order valence-electron chi connectivity index (χ1n) is 5.76. The van der Waals surface area contributed by atoms with Gasteiger partial charge in [-0.15, -0.1) is 0 Å². The van der Waals surface area contributed by atoms with Gasteiger partial charge in [-0.05, 0) is 12.8 Å². The van der Waals surface area contributed by atoms with Gasteiger partial charge in [0.2, 0.25) is 0 Å². The Bertz CT molecular complexity index is 498. The van der Waals surface area contributed by atoms with E-state index < -0.39 is 0 Å². The first kappa shape index (κ1) is 9.57. The highest BCUT2D eigenvalue weighted by molar-refractivity contribution is 5.85. The molecule has 3 rings (SSSR count). The number of hydrogen-bond acceptors (Lipinski definition) is 4. The van der Waals surface area contributed by atoms with Crippen LogP contribution in [0.5, 0.6) is 0 Å². The van der Waals surface area contributed by atoms with E-state index in [4.69, 9.17) is 0 Å². The third kappa shape index (κ3) is 1.35. The van der Waals surface area contributed by atoms with Crippen LogP contribution < -0.4 is 5.32 Å². The minimum Gasteiger partial charge on any atom is -0.372 e. The van der Waals surface area contributed by atoms with Gasteiger partial charge in [0.25, 0.3) is 0 Å². The first-order chi connectivity index (χ1) is 7.90. The van der Waals surface area contributed by atoms with Crippen molar-refractivity contribution in [1.82, 2.24) is 19.7 Å². The zero-order valence-electron chi connectivity index (χ0n) is 9.35. The molecule has 0 spiro atoms. The molecule has 0 amide bonds. The molecule has 0 radical (unpaired) electrons. The molecule has 0 saturated heterocycles. The lowest BCUT2D eigenvalue weighted by Crippen LogP contribution is -2.07. The van der Waals surface area contributed by atoms with E-state index in [0.717, 1.165) is 16.9 Å². The molecule has 0 atom stereocenters. The maximum atomic E-state index is 4.46. The second-order valence-electron chi connectivity index (χ2n) is 4.24. The molecule has 2 heterocycles. The minimum absolute atomic E-state index is 0.525. The normalized spacial score (nSPS) is 17.1. The van der Waals surface area contributed by atoms with Gasteiger partial charge in [0.15, 0.2) is 5.65 Å². The fraction of sp³-hybridized carbons (Fsp3) is 0.545. The molecule has 1 fully saturated rings. The van der Waals surface area contributed by atoms with E-state index >= 15 is 0 Å². The number of fused-ring (bicyclic) bond motifs is 1. The Balaban J connectivity index is 2.12. The molecule has 1 saturated carbocycles. The van der Waals surface area contributed by atoms with E-state index in [9.17, 15) is 0 Å². The van der Waals surface area contributed by atoms with E-state index in [2.05, 4.69) is 25.1 Å². The Morgan fingerprint density at radius 2 is 2.12 bits per heavy atom. The second-order valence-corrected chi connectivity index (χ2v) is 4.24. The average molecular weight is 217 g/mol. The van der Waals surface area contributed by atoms with E-state index in [1.54, 1.807) is 6.33 Å². The third-order valence-corrected chi connectivity index (χ3v) is 3.30. The van der Waals surface area contributed by atoms with Gasteiger partial charge in [0, 0.05) is 7.05 Å². The van der Waals surface area contributed by atoms with Crippen LogP contribution in [-0.2, 0) is 0 Å². The molecular weight excluding hydrogens is 202 g/mol. The Kier molecular flexibility index (Phi) is 2.23. The molecule has 0 unspecified atom stereocenters. The van der Waals surface area contributed by atoms with Gasteiger partial charge in [-0.1, -0.05) is 12.8 Å². The lowest BCUT2D eigenvalue weighted by atomic mass is 10.2. The molecule has 5 heteroatoms. The van der Waals surface area contributed by atoms with Crippen LogP contribution in [0.1, 0.15) is 31.7 Å². The SMILES string of the molecule is CNc1ncnc2c1cnn2C1CCCC1. The first-order valence-corrected chi connectivity index (χ1v) is 5.76. The number of nitrogens with one attached hydrogen (secondary N) is 1. The monoisotopic (exact) mass is 217 g/mol. The molecule has 1 aliphatic rings. The van der Waals surface area contributed by atoms with Gasteiger partial charge in [0.1, 0.15) is 12.1 Å². The molecule has 1 aliphatic carbocycles. The highest BCUT2D eigenvalue weighted by Gasteiger charge is 2.20. The largest absolute Gasteiger partial charge is 0.372 e. The fourth-order valence-corrected chi connectivity index (χ4v) is 2.48. The fourth-order valence-electron chi connectivity index (χ4n) is 2.48. The number of anilines is 1. The Morgan fingerprint density at radius 3 is 2.88 bits per heavy atom. The summed E-state index contributed by atoms with van der Waals surface area (Å²) in [6.07, 6.45) is 8.50. The predicted octanol–water partition coefficient (Wildman–Crippen LogP) is 1.98. The van der Waals surface area contributed by atoms with Crippen LogP contribution in [0.15, 0.2) is 12.5 Å². The third-order valence-electron chi connectivity index (χ3n) is 3.30. The van der Waals surface area contributed by atoms with Crippen LogP contribution in [0.4, 0.5) is 5.82 Å². The predicted molar refractivity (Wildman–Crippen MR) is 62.4 cm³/mol. The highest BCUT2D eigenvalue weighted by Crippen LogP contribution is 2.31. The average Bonchev–Trinajstić information content (AvgIpc) is 2.96. The van der Waals surface area contributed by atoms with Gasteiger partial charge < -0.3 is 5.32 Å². The smallest absolute Gasteiger partial charge is 0.163 e. The van der Waals surface area contributed by atoms with E-state index in [0.29, 0.717) is 6.04 Å². The van der Waals surface area contributed by atoms with Gasteiger partial charge in [-0.25, -0.2) is 14.6 Å². The summed E-state index contributed by atoms with van der Waals surface area (Å²) in [5, 5.41) is 8.54. The Labute approximate surface area is 93.9 Å². The van der Waals surface area contributed by atoms with Crippen molar-refractivity contribution in [2.45, 2.75) is 31.7 Å². The van der Waals surface area contributed by atoms with Crippen LogP contribution in [0.25, 0.3) is 11.0 Å². The minimum atomic E-state index is 0.525. The maximum absolute atomic E-state index is 4.46. The van der Waals surface area contributed by atoms with Gasteiger partial charge in [-0.2, -0.15) is 5.10 Å². The van der Waals surface area contributed by atoms with Crippen molar-refractivity contribution in [1.29, 1.82) is 0 Å². The van der Waals surface area contributed by atoms with E-state index in [-0.39, 0.29) is 0 Å². The second kappa shape index (κ2) is 3.73. The lowest BCUT2D eigenvalue weighted by Gasteiger charge is -2.10. The van der Waals surface area contributed by atoms with Crippen molar-refractivity contribution < 1.29 is 0 Å². The lowest BCUT2D eigenvalue weighted by molar-refractivity contribution is 0.478. The standard InChI is InChI=1S/C11H15N5/c1-12-10-9-6-15-16(8-4-2-3-5-8)11(9)14-7-13-10/h6-8H,2-5H2,1H3,(H,12,13,14). The highest BCUT2D eigenvalue weighted by atomic mass is 15.3. The summed E-state index contributed by atoms with van der Waals surface area (Å²) < 4.78 is 2.06. The van der Waals surface area contributed by atoms with Crippen molar-refractivity contribution in [3.05, 3.63) is 12.5 Å². The number of hydrogen-bond donors (Lipinski definition) is 1. The molecule has 0 bridgehead atoms. The number of rotatable bonds is 2. The number of nitrogens with zero attached hydrogens (tertiary/aromatic N) is 4. The molecule has 5 nitrogen and oxygen atoms in total. The van der Waals surface area contributed by atoms with E-state index in [1.165, 1.54) is 25.7 Å². The molecule has 0 aromatic carbocycles. The maximum Gasteiger partial charge on any atom is 0.163 e. The molecular formula is C11H15N5. The summed E-state index contributed by atoms with van der Waals surface area (Å²) in [7, 11) is 1.87. The summed E-state index contributed by atoms with van der Waals surface area (Å²) in [6, 6.07) is 0.525. The van der Waals surface area contributed by atoms with Crippen LogP contribution in [0.2, 0.25) is 0 Å². The summed E-state index contributed by atoms with van der Waals surface area (Å²) in [5.74, 6) is 0.856. The quantitative estimate of drug-likeness (QED) is 0.835. The summed E-state index contributed by atoms with van der Waals surface area (Å²) in [5.41, 5.74) is 0.950. The van der Waals surface area contributed by atoms with Crippen molar-refractivity contribution in [3.63, 3.8) is 0 Å². The van der Waals surface area contributed by atoms with Crippen LogP contribution in [0.3, 0.4) is 0 Å². The van der Waals surface area contributed by atoms with Crippen LogP contribution >= 0.6 is 0 Å². The molecule has 1 N–H and O–H groups in total. The molecule has 2 aromatic rings. The van der Waals surface area contributed by atoms with E-state index in [1.807, 2.05) is 13.2 Å². The number of aromatic nitrogens is 4. The van der Waals surface area contributed by atoms with Crippen molar-refractivity contribution in [2.75, 3.05) is 12.4 Å².